The van der Waals surface area contributed by atoms with Crippen molar-refractivity contribution in [1.82, 2.24) is 34.6 Å². The van der Waals surface area contributed by atoms with Gasteiger partial charge < -0.3 is 19.7 Å². The minimum absolute atomic E-state index is 0.0980. The Morgan fingerprint density at radius 3 is 2.77 bits per heavy atom. The van der Waals surface area contributed by atoms with Crippen LogP contribution in [0.4, 0.5) is 11.6 Å². The topological polar surface area (TPSA) is 120 Å². The molecule has 0 saturated carbocycles. The molecule has 0 atom stereocenters. The van der Waals surface area contributed by atoms with E-state index in [9.17, 15) is 4.79 Å². The van der Waals surface area contributed by atoms with Crippen molar-refractivity contribution in [2.75, 3.05) is 31.6 Å². The second-order valence-corrected chi connectivity index (χ2v) is 9.48. The Labute approximate surface area is 230 Å². The number of nitrogens with zero attached hydrogens (tertiary/aromatic N) is 7. The van der Waals surface area contributed by atoms with Gasteiger partial charge in [-0.1, -0.05) is 12.1 Å². The van der Waals surface area contributed by atoms with Gasteiger partial charge in [0.2, 0.25) is 11.9 Å². The number of nitrogens with one attached hydrogen (secondary N) is 1. The average molecular weight is 537 g/mol. The van der Waals surface area contributed by atoms with Crippen LogP contribution in [0.5, 0.6) is 5.75 Å². The van der Waals surface area contributed by atoms with Crippen LogP contribution in [0.1, 0.15) is 11.3 Å². The number of aryl methyl sites for hydroxylation is 1. The molecule has 1 N–H and O–H groups in total. The predicted octanol–water partition coefficient (Wildman–Crippen LogP) is 3.54. The number of morpholine rings is 1. The summed E-state index contributed by atoms with van der Waals surface area (Å²) in [6, 6.07) is 11.7. The second-order valence-electron chi connectivity index (χ2n) is 9.48. The highest BCUT2D eigenvalue weighted by atomic mass is 16.5. The van der Waals surface area contributed by atoms with Gasteiger partial charge in [-0.2, -0.15) is 5.10 Å². The molecule has 40 heavy (non-hydrogen) atoms. The summed E-state index contributed by atoms with van der Waals surface area (Å²) >= 11 is 0. The van der Waals surface area contributed by atoms with Gasteiger partial charge in [-0.25, -0.2) is 9.97 Å². The third-order valence-electron chi connectivity index (χ3n) is 6.59. The zero-order valence-electron chi connectivity index (χ0n) is 22.0. The second kappa shape index (κ2) is 11.5. The van der Waals surface area contributed by atoms with Gasteiger partial charge in [-0.05, 0) is 23.8 Å². The number of hydrogen-bond acceptors (Lipinski definition) is 9. The summed E-state index contributed by atoms with van der Waals surface area (Å²) < 4.78 is 13.3. The Kier molecular flexibility index (Phi) is 7.27. The smallest absolute Gasteiger partial charge is 0.227 e. The summed E-state index contributed by atoms with van der Waals surface area (Å²) in [5.74, 6) is 1.19. The number of hydrogen-bond donors (Lipinski definition) is 1. The van der Waals surface area contributed by atoms with Gasteiger partial charge in [0.1, 0.15) is 12.4 Å². The summed E-state index contributed by atoms with van der Waals surface area (Å²) in [6.07, 6.45) is 10.8. The molecule has 4 heterocycles. The van der Waals surface area contributed by atoms with Crippen molar-refractivity contribution in [3.05, 3.63) is 84.8 Å². The van der Waals surface area contributed by atoms with Crippen molar-refractivity contribution >= 4 is 28.4 Å². The first-order valence-electron chi connectivity index (χ1n) is 13.0. The first-order valence-corrected chi connectivity index (χ1v) is 13.0. The quantitative estimate of drug-likeness (QED) is 0.317. The highest BCUT2D eigenvalue weighted by Crippen LogP contribution is 2.34. The lowest BCUT2D eigenvalue weighted by atomic mass is 10.1. The number of amides is 1. The molecule has 0 aliphatic carbocycles. The summed E-state index contributed by atoms with van der Waals surface area (Å²) in [5, 5.41) is 8.45. The number of benzene rings is 2. The van der Waals surface area contributed by atoms with Crippen LogP contribution in [0.3, 0.4) is 0 Å². The minimum Gasteiger partial charge on any atom is -0.487 e. The molecule has 1 fully saturated rings. The van der Waals surface area contributed by atoms with Gasteiger partial charge >= 0.3 is 0 Å². The maximum atomic E-state index is 12.7. The van der Waals surface area contributed by atoms with E-state index >= 15 is 0 Å². The van der Waals surface area contributed by atoms with E-state index in [1.807, 2.05) is 54.5 Å². The van der Waals surface area contributed by atoms with E-state index in [0.29, 0.717) is 44.4 Å². The Morgan fingerprint density at radius 2 is 1.98 bits per heavy atom. The van der Waals surface area contributed by atoms with Crippen LogP contribution < -0.4 is 10.1 Å². The first-order chi connectivity index (χ1) is 19.6. The fraction of sp³-hybridized carbons (Fsp3) is 0.241. The van der Waals surface area contributed by atoms with E-state index in [2.05, 4.69) is 25.4 Å². The van der Waals surface area contributed by atoms with Crippen molar-refractivity contribution < 1.29 is 14.3 Å². The molecular weight excluding hydrogens is 508 g/mol. The number of fused-ring (bicyclic) bond motifs is 1. The number of rotatable bonds is 8. The number of carbonyl (C=O) groups is 1. The van der Waals surface area contributed by atoms with Crippen molar-refractivity contribution in [2.24, 2.45) is 7.05 Å². The molecule has 11 heteroatoms. The van der Waals surface area contributed by atoms with Gasteiger partial charge in [0.05, 0.1) is 43.2 Å². The first kappa shape index (κ1) is 25.4. The standard InChI is InChI=1S/C29H28N8O3/c1-36-18-22(16-33-36)25-13-21-15-32-29(35-26(21)14-27(25)40-19-24-17-30-5-6-31-24)34-23-4-2-3-20(11-23)12-28(38)37-7-9-39-10-8-37/h2-6,11,13-18H,7-10,12,19H2,1H3,(H,32,34,35). The summed E-state index contributed by atoms with van der Waals surface area (Å²) in [7, 11) is 1.87. The summed E-state index contributed by atoms with van der Waals surface area (Å²) in [6.45, 7) is 2.70. The Hall–Kier alpha value is -4.90. The Bertz CT molecular complexity index is 1630. The highest BCUT2D eigenvalue weighted by Gasteiger charge is 2.17. The molecule has 0 unspecified atom stereocenters. The van der Waals surface area contributed by atoms with Crippen molar-refractivity contribution in [2.45, 2.75) is 13.0 Å². The van der Waals surface area contributed by atoms with E-state index < -0.39 is 0 Å². The lowest BCUT2D eigenvalue weighted by Gasteiger charge is -2.26. The van der Waals surface area contributed by atoms with Crippen LogP contribution in [0.2, 0.25) is 0 Å². The van der Waals surface area contributed by atoms with Gasteiger partial charge in [-0.15, -0.1) is 0 Å². The maximum Gasteiger partial charge on any atom is 0.227 e. The highest BCUT2D eigenvalue weighted by molar-refractivity contribution is 5.88. The third kappa shape index (κ3) is 5.89. The molecular formula is C29H28N8O3. The lowest BCUT2D eigenvalue weighted by molar-refractivity contribution is -0.134. The zero-order chi connectivity index (χ0) is 27.3. The van der Waals surface area contributed by atoms with E-state index in [1.165, 1.54) is 0 Å². The molecule has 5 aromatic rings. The molecule has 1 aliphatic rings. The minimum atomic E-state index is 0.0980. The van der Waals surface area contributed by atoms with Gasteiger partial charge in [0.15, 0.2) is 0 Å². The molecule has 6 rings (SSSR count). The van der Waals surface area contributed by atoms with Gasteiger partial charge in [0, 0.05) is 73.2 Å². The van der Waals surface area contributed by atoms with Crippen LogP contribution in [0, 0.1) is 0 Å². The van der Waals surface area contributed by atoms with E-state index in [0.717, 1.165) is 39.0 Å². The number of aromatic nitrogens is 6. The molecule has 1 aliphatic heterocycles. The molecule has 1 saturated heterocycles. The van der Waals surface area contributed by atoms with E-state index in [-0.39, 0.29) is 12.5 Å². The number of anilines is 2. The Morgan fingerprint density at radius 1 is 1.07 bits per heavy atom. The van der Waals surface area contributed by atoms with Crippen LogP contribution in [-0.4, -0.2) is 66.8 Å². The van der Waals surface area contributed by atoms with Gasteiger partial charge in [0.25, 0.3) is 0 Å². The molecule has 0 bridgehead atoms. The Balaban J connectivity index is 1.24. The zero-order valence-corrected chi connectivity index (χ0v) is 22.0. The molecule has 2 aromatic carbocycles. The third-order valence-corrected chi connectivity index (χ3v) is 6.59. The monoisotopic (exact) mass is 536 g/mol. The molecule has 0 radical (unpaired) electrons. The average Bonchev–Trinajstić information content (AvgIpc) is 3.42. The number of carbonyl (C=O) groups excluding carboxylic acids is 1. The van der Waals surface area contributed by atoms with Crippen LogP contribution in [0.15, 0.2) is 73.6 Å². The molecule has 3 aromatic heterocycles. The molecule has 11 nitrogen and oxygen atoms in total. The lowest BCUT2D eigenvalue weighted by Crippen LogP contribution is -2.41. The molecule has 0 spiro atoms. The van der Waals surface area contributed by atoms with Crippen molar-refractivity contribution in [3.8, 4) is 16.9 Å². The van der Waals surface area contributed by atoms with E-state index in [1.54, 1.807) is 35.7 Å². The van der Waals surface area contributed by atoms with Crippen LogP contribution >= 0.6 is 0 Å². The summed E-state index contributed by atoms with van der Waals surface area (Å²) in [4.78, 5) is 32.3. The van der Waals surface area contributed by atoms with Crippen molar-refractivity contribution in [3.63, 3.8) is 0 Å². The fourth-order valence-electron chi connectivity index (χ4n) is 4.57. The van der Waals surface area contributed by atoms with E-state index in [4.69, 9.17) is 14.5 Å². The largest absolute Gasteiger partial charge is 0.487 e. The number of ether oxygens (including phenoxy) is 2. The fourth-order valence-corrected chi connectivity index (χ4v) is 4.57. The summed E-state index contributed by atoms with van der Waals surface area (Å²) in [5.41, 5.74) is 4.96. The van der Waals surface area contributed by atoms with Crippen LogP contribution in [-0.2, 0) is 29.6 Å². The molecule has 202 valence electrons. The maximum absolute atomic E-state index is 12.7. The SMILES string of the molecule is Cn1cc(-c2cc3cnc(Nc4cccc(CC(=O)N5CCOCC5)c4)nc3cc2OCc2cnccn2)cn1. The normalized spacial score (nSPS) is 13.4. The van der Waals surface area contributed by atoms with Gasteiger partial charge in [-0.3, -0.25) is 19.4 Å². The molecule has 1 amide bonds. The van der Waals surface area contributed by atoms with Crippen molar-refractivity contribution in [1.29, 1.82) is 0 Å². The predicted molar refractivity (Wildman–Crippen MR) is 149 cm³/mol. The van der Waals surface area contributed by atoms with Crippen LogP contribution in [0.25, 0.3) is 22.0 Å².